The van der Waals surface area contributed by atoms with Crippen LogP contribution in [0.15, 0.2) is 0 Å². The number of rotatable bonds is 10. The maximum atomic E-state index is 11.9. The predicted molar refractivity (Wildman–Crippen MR) is 83.1 cm³/mol. The zero-order valence-corrected chi connectivity index (χ0v) is 14.1. The van der Waals surface area contributed by atoms with E-state index in [1.807, 2.05) is 0 Å². The van der Waals surface area contributed by atoms with Gasteiger partial charge in [0.05, 0.1) is 33.0 Å². The fourth-order valence-corrected chi connectivity index (χ4v) is 2.16. The van der Waals surface area contributed by atoms with Crippen molar-refractivity contribution in [2.75, 3.05) is 72.9 Å². The molecule has 1 saturated heterocycles. The maximum absolute atomic E-state index is 11.9. The van der Waals surface area contributed by atoms with Gasteiger partial charge in [-0.2, -0.15) is 0 Å². The second-order valence-electron chi connectivity index (χ2n) is 5.45. The molecule has 0 aromatic rings. The molecule has 1 aliphatic rings. The molecule has 0 N–H and O–H groups in total. The van der Waals surface area contributed by atoms with Crippen molar-refractivity contribution >= 4 is 6.09 Å². The van der Waals surface area contributed by atoms with Gasteiger partial charge in [0.1, 0.15) is 6.61 Å². The summed E-state index contributed by atoms with van der Waals surface area (Å²) in [7, 11) is 1.64. The molecule has 0 bridgehead atoms. The second kappa shape index (κ2) is 11.6. The first-order valence-corrected chi connectivity index (χ1v) is 7.95. The molecule has 0 spiro atoms. The van der Waals surface area contributed by atoms with E-state index in [1.54, 1.807) is 12.0 Å². The number of carbonyl (C=O) groups excluding carboxylic acids is 1. The third-order valence-electron chi connectivity index (χ3n) is 3.56. The third-order valence-corrected chi connectivity index (χ3v) is 3.56. The number of ether oxygens (including phenoxy) is 4. The Morgan fingerprint density at radius 2 is 1.45 bits per heavy atom. The van der Waals surface area contributed by atoms with Gasteiger partial charge in [0, 0.05) is 39.3 Å². The molecule has 7 nitrogen and oxygen atoms in total. The largest absolute Gasteiger partial charge is 0.447 e. The average Bonchev–Trinajstić information content (AvgIpc) is 2.53. The van der Waals surface area contributed by atoms with Crippen LogP contribution in [0.1, 0.15) is 13.8 Å². The summed E-state index contributed by atoms with van der Waals surface area (Å²) in [5, 5.41) is 0. The monoisotopic (exact) mass is 318 g/mol. The average molecular weight is 318 g/mol. The lowest BCUT2D eigenvalue weighted by atomic mass is 10.2. The molecule has 1 heterocycles. The van der Waals surface area contributed by atoms with E-state index in [9.17, 15) is 4.79 Å². The summed E-state index contributed by atoms with van der Waals surface area (Å²) < 4.78 is 20.7. The van der Waals surface area contributed by atoms with E-state index < -0.39 is 0 Å². The van der Waals surface area contributed by atoms with Crippen molar-refractivity contribution in [3.05, 3.63) is 0 Å². The molecular weight excluding hydrogens is 288 g/mol. The Labute approximate surface area is 133 Å². The van der Waals surface area contributed by atoms with Gasteiger partial charge in [0.15, 0.2) is 0 Å². The molecule has 0 saturated carbocycles. The lowest BCUT2D eigenvalue weighted by molar-refractivity contribution is 0.00699. The van der Waals surface area contributed by atoms with Gasteiger partial charge in [-0.25, -0.2) is 4.79 Å². The van der Waals surface area contributed by atoms with Crippen LogP contribution < -0.4 is 0 Å². The minimum Gasteiger partial charge on any atom is -0.447 e. The molecule has 1 rings (SSSR count). The maximum Gasteiger partial charge on any atom is 0.409 e. The van der Waals surface area contributed by atoms with Crippen molar-refractivity contribution < 1.29 is 23.7 Å². The summed E-state index contributed by atoms with van der Waals surface area (Å²) >= 11 is 0. The summed E-state index contributed by atoms with van der Waals surface area (Å²) in [6.45, 7) is 10.4. The summed E-state index contributed by atoms with van der Waals surface area (Å²) in [5.74, 6) is 0. The lowest BCUT2D eigenvalue weighted by Crippen LogP contribution is -2.50. The minimum absolute atomic E-state index is 0.247. The molecule has 0 aromatic carbocycles. The van der Waals surface area contributed by atoms with Crippen LogP contribution >= 0.6 is 0 Å². The van der Waals surface area contributed by atoms with E-state index in [-0.39, 0.29) is 12.7 Å². The second-order valence-corrected chi connectivity index (χ2v) is 5.45. The zero-order valence-electron chi connectivity index (χ0n) is 14.1. The van der Waals surface area contributed by atoms with Gasteiger partial charge in [0.2, 0.25) is 0 Å². The quantitative estimate of drug-likeness (QED) is 0.556. The number of hydrogen-bond donors (Lipinski definition) is 0. The van der Waals surface area contributed by atoms with Crippen molar-refractivity contribution in [1.82, 2.24) is 9.80 Å². The molecule has 1 fully saturated rings. The number of carbonyl (C=O) groups is 1. The third kappa shape index (κ3) is 7.93. The summed E-state index contributed by atoms with van der Waals surface area (Å²) in [4.78, 5) is 16.0. The van der Waals surface area contributed by atoms with Crippen LogP contribution in [-0.4, -0.2) is 94.9 Å². The van der Waals surface area contributed by atoms with Gasteiger partial charge >= 0.3 is 6.09 Å². The van der Waals surface area contributed by atoms with Crippen molar-refractivity contribution in [3.63, 3.8) is 0 Å². The highest BCUT2D eigenvalue weighted by Gasteiger charge is 2.23. The van der Waals surface area contributed by atoms with Crippen LogP contribution in [0, 0.1) is 0 Å². The molecule has 1 aliphatic heterocycles. The van der Waals surface area contributed by atoms with E-state index in [4.69, 9.17) is 18.9 Å². The predicted octanol–water partition coefficient (Wildman–Crippen LogP) is 0.829. The van der Waals surface area contributed by atoms with E-state index in [1.165, 1.54) is 0 Å². The molecule has 0 radical (unpaired) electrons. The van der Waals surface area contributed by atoms with E-state index in [0.29, 0.717) is 39.1 Å². The fraction of sp³-hybridized carbons (Fsp3) is 0.933. The van der Waals surface area contributed by atoms with Gasteiger partial charge in [-0.1, -0.05) is 0 Å². The summed E-state index contributed by atoms with van der Waals surface area (Å²) in [6.07, 6.45) is -0.247. The molecule has 22 heavy (non-hydrogen) atoms. The number of amides is 1. The molecule has 130 valence electrons. The Morgan fingerprint density at radius 3 is 2.00 bits per heavy atom. The Bertz CT molecular complexity index is 294. The number of nitrogens with zero attached hydrogens (tertiary/aromatic N) is 2. The Morgan fingerprint density at radius 1 is 0.909 bits per heavy atom. The topological polar surface area (TPSA) is 60.5 Å². The molecule has 1 amide bonds. The van der Waals surface area contributed by atoms with Gasteiger partial charge < -0.3 is 23.8 Å². The molecule has 0 aliphatic carbocycles. The van der Waals surface area contributed by atoms with Crippen molar-refractivity contribution in [1.29, 1.82) is 0 Å². The molecule has 0 aromatic heterocycles. The van der Waals surface area contributed by atoms with Gasteiger partial charge in [-0.05, 0) is 13.8 Å². The van der Waals surface area contributed by atoms with Crippen molar-refractivity contribution in [3.8, 4) is 0 Å². The Hall–Kier alpha value is -0.890. The Kier molecular flexibility index (Phi) is 10.1. The van der Waals surface area contributed by atoms with Crippen LogP contribution in [0.5, 0.6) is 0 Å². The number of hydrogen-bond acceptors (Lipinski definition) is 6. The highest BCUT2D eigenvalue weighted by molar-refractivity contribution is 5.67. The number of methoxy groups -OCH3 is 1. The smallest absolute Gasteiger partial charge is 0.409 e. The van der Waals surface area contributed by atoms with Crippen LogP contribution in [0.25, 0.3) is 0 Å². The fourth-order valence-electron chi connectivity index (χ4n) is 2.16. The van der Waals surface area contributed by atoms with E-state index in [2.05, 4.69) is 18.7 Å². The normalized spacial score (nSPS) is 16.3. The van der Waals surface area contributed by atoms with E-state index in [0.717, 1.165) is 26.2 Å². The highest BCUT2D eigenvalue weighted by atomic mass is 16.6. The molecule has 0 atom stereocenters. The summed E-state index contributed by atoms with van der Waals surface area (Å²) in [5.41, 5.74) is 0. The summed E-state index contributed by atoms with van der Waals surface area (Å²) in [6, 6.07) is 0.526. The first kappa shape index (κ1) is 19.2. The van der Waals surface area contributed by atoms with Crippen LogP contribution in [-0.2, 0) is 18.9 Å². The highest BCUT2D eigenvalue weighted by Crippen LogP contribution is 2.06. The van der Waals surface area contributed by atoms with Gasteiger partial charge in [0.25, 0.3) is 0 Å². The standard InChI is InChI=1S/C15H30N2O5/c1-14(2)16-4-6-17(7-5-16)15(18)22-13-12-21-11-10-20-9-8-19-3/h14H,4-13H2,1-3H3. The zero-order chi connectivity index (χ0) is 16.2. The van der Waals surface area contributed by atoms with Gasteiger partial charge in [-0.3, -0.25) is 4.90 Å². The number of piperazine rings is 1. The first-order chi connectivity index (χ1) is 10.6. The molecule has 0 unspecified atom stereocenters. The van der Waals surface area contributed by atoms with Crippen LogP contribution in [0.4, 0.5) is 4.79 Å². The minimum atomic E-state index is -0.247. The lowest BCUT2D eigenvalue weighted by Gasteiger charge is -2.36. The molecule has 7 heteroatoms. The first-order valence-electron chi connectivity index (χ1n) is 7.95. The van der Waals surface area contributed by atoms with Crippen LogP contribution in [0.2, 0.25) is 0 Å². The SMILES string of the molecule is COCCOCCOCCOC(=O)N1CCN(C(C)C)CC1. The van der Waals surface area contributed by atoms with Gasteiger partial charge in [-0.15, -0.1) is 0 Å². The van der Waals surface area contributed by atoms with Crippen LogP contribution in [0.3, 0.4) is 0 Å². The van der Waals surface area contributed by atoms with Crippen molar-refractivity contribution in [2.45, 2.75) is 19.9 Å². The van der Waals surface area contributed by atoms with Crippen molar-refractivity contribution in [2.24, 2.45) is 0 Å². The molecular formula is C15H30N2O5. The van der Waals surface area contributed by atoms with E-state index >= 15 is 0 Å². The Balaban J connectivity index is 1.96.